The van der Waals surface area contributed by atoms with E-state index in [2.05, 4.69) is 10.3 Å². The Hall–Kier alpha value is -2.76. The van der Waals surface area contributed by atoms with Gasteiger partial charge in [-0.3, -0.25) is 9.59 Å². The van der Waals surface area contributed by atoms with Gasteiger partial charge in [-0.15, -0.1) is 0 Å². The Bertz CT molecular complexity index is 740. The van der Waals surface area contributed by atoms with Crippen LogP contribution in [0.25, 0.3) is 0 Å². The van der Waals surface area contributed by atoms with Crippen LogP contribution in [-0.4, -0.2) is 41.4 Å². The second-order valence-corrected chi connectivity index (χ2v) is 5.93. The molecule has 2 heterocycles. The summed E-state index contributed by atoms with van der Waals surface area (Å²) in [6.45, 7) is 2.53. The maximum absolute atomic E-state index is 12.7. The molecule has 3 rings (SSSR count). The molecular formula is C18H21N3O3. The zero-order chi connectivity index (χ0) is 17.1. The van der Waals surface area contributed by atoms with Crippen molar-refractivity contribution in [3.63, 3.8) is 0 Å². The van der Waals surface area contributed by atoms with Crippen molar-refractivity contribution in [1.82, 2.24) is 9.88 Å². The molecule has 0 radical (unpaired) electrons. The first-order chi connectivity index (χ1) is 11.6. The lowest BCUT2D eigenvalue weighted by Crippen LogP contribution is -2.43. The van der Waals surface area contributed by atoms with Crippen molar-refractivity contribution in [2.24, 2.45) is 0 Å². The van der Waals surface area contributed by atoms with Gasteiger partial charge in [0, 0.05) is 12.7 Å². The quantitative estimate of drug-likeness (QED) is 0.906. The predicted molar refractivity (Wildman–Crippen MR) is 91.2 cm³/mol. The van der Waals surface area contributed by atoms with E-state index >= 15 is 0 Å². The second-order valence-electron chi connectivity index (χ2n) is 5.93. The zero-order valence-corrected chi connectivity index (χ0v) is 13.8. The SMILES string of the molecule is COc1ccc(C)cc1NC(=O)C1CCCN1C(=O)c1ccc[nH]1. The van der Waals surface area contributed by atoms with Crippen molar-refractivity contribution < 1.29 is 14.3 Å². The summed E-state index contributed by atoms with van der Waals surface area (Å²) in [5, 5.41) is 2.91. The Balaban J connectivity index is 1.77. The third kappa shape index (κ3) is 3.13. The van der Waals surface area contributed by atoms with Crippen molar-refractivity contribution in [3.8, 4) is 5.75 Å². The summed E-state index contributed by atoms with van der Waals surface area (Å²) >= 11 is 0. The van der Waals surface area contributed by atoms with Gasteiger partial charge in [0.05, 0.1) is 12.8 Å². The summed E-state index contributed by atoms with van der Waals surface area (Å²) in [4.78, 5) is 29.8. The summed E-state index contributed by atoms with van der Waals surface area (Å²) in [6.07, 6.45) is 3.18. The molecule has 1 saturated heterocycles. The van der Waals surface area contributed by atoms with Gasteiger partial charge in [-0.2, -0.15) is 0 Å². The van der Waals surface area contributed by atoms with E-state index in [4.69, 9.17) is 4.74 Å². The van der Waals surface area contributed by atoms with Crippen LogP contribution in [0.3, 0.4) is 0 Å². The molecule has 1 fully saturated rings. The molecule has 2 N–H and O–H groups in total. The maximum atomic E-state index is 12.7. The molecule has 1 aliphatic heterocycles. The van der Waals surface area contributed by atoms with Gasteiger partial charge in [0.2, 0.25) is 5.91 Å². The number of aromatic amines is 1. The van der Waals surface area contributed by atoms with Crippen molar-refractivity contribution in [2.45, 2.75) is 25.8 Å². The Morgan fingerprint density at radius 2 is 2.17 bits per heavy atom. The summed E-state index contributed by atoms with van der Waals surface area (Å²) in [5.41, 5.74) is 2.15. The summed E-state index contributed by atoms with van der Waals surface area (Å²) < 4.78 is 5.30. The van der Waals surface area contributed by atoms with Gasteiger partial charge >= 0.3 is 0 Å². The number of aryl methyl sites for hydroxylation is 1. The number of carbonyl (C=O) groups is 2. The van der Waals surface area contributed by atoms with Crippen LogP contribution in [0.5, 0.6) is 5.75 Å². The predicted octanol–water partition coefficient (Wildman–Crippen LogP) is 2.58. The fraction of sp³-hybridized carbons (Fsp3) is 0.333. The first kappa shape index (κ1) is 16.1. The molecule has 0 bridgehead atoms. The van der Waals surface area contributed by atoms with E-state index in [0.717, 1.165) is 12.0 Å². The topological polar surface area (TPSA) is 74.4 Å². The second kappa shape index (κ2) is 6.78. The van der Waals surface area contributed by atoms with Gasteiger partial charge in [0.15, 0.2) is 0 Å². The lowest BCUT2D eigenvalue weighted by Gasteiger charge is -2.24. The molecule has 1 atom stereocenters. The van der Waals surface area contributed by atoms with E-state index in [9.17, 15) is 9.59 Å². The number of aromatic nitrogens is 1. The number of nitrogens with one attached hydrogen (secondary N) is 2. The number of nitrogens with zero attached hydrogens (tertiary/aromatic N) is 1. The van der Waals surface area contributed by atoms with Crippen molar-refractivity contribution >= 4 is 17.5 Å². The summed E-state index contributed by atoms with van der Waals surface area (Å²) in [5.74, 6) is 0.277. The molecule has 0 spiro atoms. The summed E-state index contributed by atoms with van der Waals surface area (Å²) in [6, 6.07) is 8.64. The Morgan fingerprint density at radius 3 is 2.88 bits per heavy atom. The van der Waals surface area contributed by atoms with Crippen LogP contribution >= 0.6 is 0 Å². The van der Waals surface area contributed by atoms with Crippen LogP contribution in [0.4, 0.5) is 5.69 Å². The van der Waals surface area contributed by atoms with Crippen LogP contribution < -0.4 is 10.1 Å². The van der Waals surface area contributed by atoms with Crippen LogP contribution in [0, 0.1) is 6.92 Å². The molecule has 1 aliphatic rings. The number of H-pyrrole nitrogens is 1. The average Bonchev–Trinajstić information content (AvgIpc) is 3.26. The smallest absolute Gasteiger partial charge is 0.270 e. The van der Waals surface area contributed by atoms with Gasteiger partial charge in [0.25, 0.3) is 5.91 Å². The zero-order valence-electron chi connectivity index (χ0n) is 13.8. The third-order valence-corrected chi connectivity index (χ3v) is 4.26. The number of methoxy groups -OCH3 is 1. The molecule has 1 aromatic heterocycles. The Morgan fingerprint density at radius 1 is 1.33 bits per heavy atom. The standard InChI is InChI=1S/C18H21N3O3/c1-12-7-8-16(24-2)14(11-12)20-17(22)15-6-4-10-21(15)18(23)13-5-3-9-19-13/h3,5,7-9,11,15,19H,4,6,10H2,1-2H3,(H,20,22). The van der Waals surface area contributed by atoms with Gasteiger partial charge in [-0.05, 0) is 49.6 Å². The minimum Gasteiger partial charge on any atom is -0.495 e. The number of benzene rings is 1. The highest BCUT2D eigenvalue weighted by molar-refractivity contribution is 6.01. The molecule has 0 aliphatic carbocycles. The summed E-state index contributed by atoms with van der Waals surface area (Å²) in [7, 11) is 1.57. The highest BCUT2D eigenvalue weighted by Gasteiger charge is 2.35. The normalized spacial score (nSPS) is 16.9. The van der Waals surface area contributed by atoms with Crippen LogP contribution in [0.1, 0.15) is 28.9 Å². The van der Waals surface area contributed by atoms with Gasteiger partial charge in [-0.25, -0.2) is 0 Å². The average molecular weight is 327 g/mol. The monoisotopic (exact) mass is 327 g/mol. The number of carbonyl (C=O) groups excluding carboxylic acids is 2. The molecule has 1 aromatic carbocycles. The number of anilines is 1. The lowest BCUT2D eigenvalue weighted by molar-refractivity contribution is -0.119. The highest BCUT2D eigenvalue weighted by Crippen LogP contribution is 2.27. The maximum Gasteiger partial charge on any atom is 0.270 e. The number of hydrogen-bond acceptors (Lipinski definition) is 3. The van der Waals surface area contributed by atoms with Gasteiger partial charge in [0.1, 0.15) is 17.5 Å². The fourth-order valence-electron chi connectivity index (χ4n) is 3.04. The van der Waals surface area contributed by atoms with Gasteiger partial charge in [-0.1, -0.05) is 6.07 Å². The van der Waals surface area contributed by atoms with E-state index in [0.29, 0.717) is 30.1 Å². The van der Waals surface area contributed by atoms with Crippen LogP contribution in [0.2, 0.25) is 0 Å². The van der Waals surface area contributed by atoms with E-state index in [-0.39, 0.29) is 11.8 Å². The molecule has 1 unspecified atom stereocenters. The molecule has 6 nitrogen and oxygen atoms in total. The van der Waals surface area contributed by atoms with Crippen molar-refractivity contribution in [2.75, 3.05) is 19.0 Å². The van der Waals surface area contributed by atoms with Crippen LogP contribution in [-0.2, 0) is 4.79 Å². The van der Waals surface area contributed by atoms with Crippen molar-refractivity contribution in [3.05, 3.63) is 47.8 Å². The number of likely N-dealkylation sites (tertiary alicyclic amines) is 1. The number of hydrogen-bond donors (Lipinski definition) is 2. The molecular weight excluding hydrogens is 306 g/mol. The Labute approximate surface area is 140 Å². The molecule has 126 valence electrons. The van der Waals surface area contributed by atoms with Crippen LogP contribution in [0.15, 0.2) is 36.5 Å². The minimum atomic E-state index is -0.467. The molecule has 24 heavy (non-hydrogen) atoms. The largest absolute Gasteiger partial charge is 0.495 e. The molecule has 6 heteroatoms. The molecule has 2 amide bonds. The Kier molecular flexibility index (Phi) is 4.55. The third-order valence-electron chi connectivity index (χ3n) is 4.26. The van der Waals surface area contributed by atoms with E-state index < -0.39 is 6.04 Å². The first-order valence-corrected chi connectivity index (χ1v) is 8.00. The minimum absolute atomic E-state index is 0.145. The fourth-order valence-corrected chi connectivity index (χ4v) is 3.04. The molecule has 2 aromatic rings. The molecule has 0 saturated carbocycles. The van der Waals surface area contributed by atoms with E-state index in [1.54, 1.807) is 30.3 Å². The van der Waals surface area contributed by atoms with Crippen molar-refractivity contribution in [1.29, 1.82) is 0 Å². The van der Waals surface area contributed by atoms with E-state index in [1.165, 1.54) is 0 Å². The lowest BCUT2D eigenvalue weighted by atomic mass is 10.1. The number of rotatable bonds is 4. The number of amides is 2. The number of ether oxygens (including phenoxy) is 1. The first-order valence-electron chi connectivity index (χ1n) is 8.00. The van der Waals surface area contributed by atoms with E-state index in [1.807, 2.05) is 25.1 Å². The van der Waals surface area contributed by atoms with Gasteiger partial charge < -0.3 is 19.9 Å². The highest BCUT2D eigenvalue weighted by atomic mass is 16.5.